The van der Waals surface area contributed by atoms with Gasteiger partial charge in [-0.15, -0.1) is 0 Å². The van der Waals surface area contributed by atoms with Gasteiger partial charge in [-0.1, -0.05) is 12.1 Å². The minimum Gasteiger partial charge on any atom is -0.357 e. The number of hydrogen-bond acceptors (Lipinski definition) is 4. The first-order valence-electron chi connectivity index (χ1n) is 5.01. The van der Waals surface area contributed by atoms with Gasteiger partial charge in [0, 0.05) is 18.8 Å². The highest BCUT2D eigenvalue weighted by atomic mass is 19.1. The van der Waals surface area contributed by atoms with Crippen LogP contribution in [0.5, 0.6) is 0 Å². The minimum atomic E-state index is -0.420. The number of aldehydes is 1. The zero-order valence-electron chi connectivity index (χ0n) is 9.14. The van der Waals surface area contributed by atoms with E-state index in [2.05, 4.69) is 15.3 Å². The van der Waals surface area contributed by atoms with Crippen molar-refractivity contribution in [1.29, 1.82) is 0 Å². The van der Waals surface area contributed by atoms with E-state index in [0.29, 0.717) is 12.2 Å². The van der Waals surface area contributed by atoms with Crippen molar-refractivity contribution in [2.75, 3.05) is 12.4 Å². The summed E-state index contributed by atoms with van der Waals surface area (Å²) >= 11 is 0. The van der Waals surface area contributed by atoms with E-state index in [1.54, 1.807) is 25.2 Å². The third-order valence-electron chi connectivity index (χ3n) is 2.30. The van der Waals surface area contributed by atoms with Gasteiger partial charge in [0.25, 0.3) is 0 Å². The lowest BCUT2D eigenvalue weighted by atomic mass is 10.1. The van der Waals surface area contributed by atoms with Gasteiger partial charge in [-0.2, -0.15) is 0 Å². The first kappa shape index (κ1) is 11.2. The summed E-state index contributed by atoms with van der Waals surface area (Å²) in [5.74, 6) is -0.0785. The Morgan fingerprint density at radius 3 is 2.76 bits per heavy atom. The van der Waals surface area contributed by atoms with Crippen LogP contribution in [0.25, 0.3) is 11.3 Å². The monoisotopic (exact) mass is 231 g/mol. The molecule has 1 heterocycles. The Balaban J connectivity index is 2.64. The quantitative estimate of drug-likeness (QED) is 0.822. The maximum atomic E-state index is 13.6. The fourth-order valence-corrected chi connectivity index (χ4v) is 1.47. The van der Waals surface area contributed by atoms with Crippen LogP contribution in [0.2, 0.25) is 0 Å². The van der Waals surface area contributed by atoms with Crippen molar-refractivity contribution in [3.63, 3.8) is 0 Å². The third kappa shape index (κ3) is 2.13. The van der Waals surface area contributed by atoms with E-state index in [1.165, 1.54) is 12.3 Å². The number of carbonyl (C=O) groups is 1. The van der Waals surface area contributed by atoms with Crippen molar-refractivity contribution in [3.05, 3.63) is 41.8 Å². The summed E-state index contributed by atoms with van der Waals surface area (Å²) in [6.45, 7) is 0. The molecular weight excluding hydrogens is 221 g/mol. The minimum absolute atomic E-state index is 0.258. The first-order chi connectivity index (χ1) is 8.26. The van der Waals surface area contributed by atoms with Gasteiger partial charge in [-0.25, -0.2) is 14.4 Å². The molecule has 0 unspecified atom stereocenters. The summed E-state index contributed by atoms with van der Waals surface area (Å²) in [5, 5.41) is 2.75. The van der Waals surface area contributed by atoms with Gasteiger partial charge in [-0.05, 0) is 12.1 Å². The highest BCUT2D eigenvalue weighted by Gasteiger charge is 2.12. The van der Waals surface area contributed by atoms with Gasteiger partial charge in [-0.3, -0.25) is 4.79 Å². The van der Waals surface area contributed by atoms with Crippen LogP contribution in [0.15, 0.2) is 30.5 Å². The maximum absolute atomic E-state index is 13.6. The lowest BCUT2D eigenvalue weighted by molar-refractivity contribution is 0.112. The van der Waals surface area contributed by atoms with E-state index in [1.807, 2.05) is 0 Å². The van der Waals surface area contributed by atoms with Crippen LogP contribution in [-0.4, -0.2) is 23.3 Å². The molecule has 1 aromatic heterocycles. The van der Waals surface area contributed by atoms with E-state index in [0.717, 1.165) is 0 Å². The molecule has 2 rings (SSSR count). The molecule has 0 radical (unpaired) electrons. The molecule has 1 aromatic carbocycles. The molecule has 0 spiro atoms. The summed E-state index contributed by atoms with van der Waals surface area (Å²) in [6.07, 6.45) is 1.98. The molecule has 2 aromatic rings. The number of hydrogen-bond donors (Lipinski definition) is 1. The predicted octanol–water partition coefficient (Wildman–Crippen LogP) is 2.14. The normalized spacial score (nSPS) is 10.0. The fourth-order valence-electron chi connectivity index (χ4n) is 1.47. The zero-order chi connectivity index (χ0) is 12.3. The van der Waals surface area contributed by atoms with Crippen LogP contribution >= 0.6 is 0 Å². The van der Waals surface area contributed by atoms with Crippen LogP contribution in [0, 0.1) is 5.82 Å². The number of nitrogens with one attached hydrogen (secondary N) is 1. The van der Waals surface area contributed by atoms with Crippen LogP contribution in [0.1, 0.15) is 10.4 Å². The number of rotatable bonds is 3. The SMILES string of the molecule is CNc1ncc(C=O)c(-c2ccccc2F)n1. The lowest BCUT2D eigenvalue weighted by Crippen LogP contribution is -2.01. The first-order valence-corrected chi connectivity index (χ1v) is 5.01. The van der Waals surface area contributed by atoms with Gasteiger partial charge >= 0.3 is 0 Å². The molecule has 0 aliphatic carbocycles. The second kappa shape index (κ2) is 4.69. The third-order valence-corrected chi connectivity index (χ3v) is 2.30. The predicted molar refractivity (Wildman–Crippen MR) is 62.4 cm³/mol. The molecule has 0 aliphatic heterocycles. The standard InChI is InChI=1S/C12H10FN3O/c1-14-12-15-6-8(7-17)11(16-12)9-4-2-3-5-10(9)13/h2-7H,1H3,(H,14,15,16). The number of carbonyl (C=O) groups excluding carboxylic acids is 1. The largest absolute Gasteiger partial charge is 0.357 e. The number of halogens is 1. The van der Waals surface area contributed by atoms with E-state index in [4.69, 9.17) is 0 Å². The van der Waals surface area contributed by atoms with Gasteiger partial charge in [0.2, 0.25) is 5.95 Å². The molecule has 1 N–H and O–H groups in total. The number of aromatic nitrogens is 2. The van der Waals surface area contributed by atoms with E-state index in [-0.39, 0.29) is 16.8 Å². The number of benzene rings is 1. The molecule has 0 saturated carbocycles. The van der Waals surface area contributed by atoms with Crippen molar-refractivity contribution >= 4 is 12.2 Å². The molecule has 0 bridgehead atoms. The summed E-state index contributed by atoms with van der Waals surface area (Å²) in [7, 11) is 1.65. The lowest BCUT2D eigenvalue weighted by Gasteiger charge is -2.06. The van der Waals surface area contributed by atoms with Gasteiger partial charge < -0.3 is 5.32 Å². The molecule has 17 heavy (non-hydrogen) atoms. The number of anilines is 1. The molecule has 0 saturated heterocycles. The van der Waals surface area contributed by atoms with Crippen molar-refractivity contribution in [2.45, 2.75) is 0 Å². The second-order valence-corrected chi connectivity index (χ2v) is 3.35. The molecular formula is C12H10FN3O. The Labute approximate surface area is 97.5 Å². The van der Waals surface area contributed by atoms with Crippen LogP contribution < -0.4 is 5.32 Å². The average Bonchev–Trinajstić information content (AvgIpc) is 2.38. The Morgan fingerprint density at radius 2 is 2.12 bits per heavy atom. The summed E-state index contributed by atoms with van der Waals surface area (Å²) < 4.78 is 13.6. The average molecular weight is 231 g/mol. The Hall–Kier alpha value is -2.30. The van der Waals surface area contributed by atoms with E-state index >= 15 is 0 Å². The van der Waals surface area contributed by atoms with Crippen molar-refractivity contribution in [3.8, 4) is 11.3 Å². The smallest absolute Gasteiger partial charge is 0.222 e. The number of nitrogens with zero attached hydrogens (tertiary/aromatic N) is 2. The molecule has 0 aliphatic rings. The van der Waals surface area contributed by atoms with Crippen LogP contribution in [-0.2, 0) is 0 Å². The highest BCUT2D eigenvalue weighted by molar-refractivity contribution is 5.85. The molecule has 0 amide bonds. The van der Waals surface area contributed by atoms with Gasteiger partial charge in [0.15, 0.2) is 6.29 Å². The van der Waals surface area contributed by atoms with Gasteiger partial charge in [0.1, 0.15) is 5.82 Å². The molecule has 0 atom stereocenters. The molecule has 86 valence electrons. The molecule has 5 heteroatoms. The topological polar surface area (TPSA) is 54.9 Å². The Morgan fingerprint density at radius 1 is 1.35 bits per heavy atom. The molecule has 4 nitrogen and oxygen atoms in total. The fraction of sp³-hybridized carbons (Fsp3) is 0.0833. The Bertz CT molecular complexity index is 557. The van der Waals surface area contributed by atoms with Crippen LogP contribution in [0.3, 0.4) is 0 Å². The van der Waals surface area contributed by atoms with Crippen molar-refractivity contribution < 1.29 is 9.18 Å². The maximum Gasteiger partial charge on any atom is 0.222 e. The zero-order valence-corrected chi connectivity index (χ0v) is 9.14. The van der Waals surface area contributed by atoms with Crippen LogP contribution in [0.4, 0.5) is 10.3 Å². The molecule has 0 fully saturated rings. The van der Waals surface area contributed by atoms with Gasteiger partial charge in [0.05, 0.1) is 11.3 Å². The summed E-state index contributed by atoms with van der Waals surface area (Å²) in [6, 6.07) is 6.17. The summed E-state index contributed by atoms with van der Waals surface area (Å²) in [5.41, 5.74) is 0.833. The van der Waals surface area contributed by atoms with E-state index < -0.39 is 5.82 Å². The van der Waals surface area contributed by atoms with Crippen molar-refractivity contribution in [2.24, 2.45) is 0 Å². The summed E-state index contributed by atoms with van der Waals surface area (Å²) in [4.78, 5) is 18.9. The van der Waals surface area contributed by atoms with Crippen molar-refractivity contribution in [1.82, 2.24) is 9.97 Å². The second-order valence-electron chi connectivity index (χ2n) is 3.35. The highest BCUT2D eigenvalue weighted by Crippen LogP contribution is 2.23. The van der Waals surface area contributed by atoms with E-state index in [9.17, 15) is 9.18 Å². The Kier molecular flexibility index (Phi) is 3.09.